The number of rotatable bonds is 2. The quantitative estimate of drug-likeness (QED) is 0.463. The Hall–Kier alpha value is -2.23. The van der Waals surface area contributed by atoms with Crippen molar-refractivity contribution in [3.8, 4) is 11.5 Å². The molecule has 15 heavy (non-hydrogen) atoms. The summed E-state index contributed by atoms with van der Waals surface area (Å²) in [4.78, 5) is 10.9. The second-order valence-corrected chi connectivity index (χ2v) is 2.90. The van der Waals surface area contributed by atoms with Gasteiger partial charge in [0.15, 0.2) is 5.75 Å². The van der Waals surface area contributed by atoms with Crippen LogP contribution in [-0.4, -0.2) is 11.1 Å². The average Bonchev–Trinajstić information content (AvgIpc) is 2.60. The van der Waals surface area contributed by atoms with Gasteiger partial charge in [0, 0.05) is 6.08 Å². The van der Waals surface area contributed by atoms with Crippen molar-refractivity contribution in [2.75, 3.05) is 0 Å². The van der Waals surface area contributed by atoms with Crippen molar-refractivity contribution in [2.45, 2.75) is 0 Å². The summed E-state index contributed by atoms with van der Waals surface area (Å²) in [7, 11) is 0. The van der Waals surface area contributed by atoms with Gasteiger partial charge >= 0.3 is 5.97 Å². The van der Waals surface area contributed by atoms with Crippen LogP contribution in [0.15, 0.2) is 41.5 Å². The van der Waals surface area contributed by atoms with Crippen molar-refractivity contribution >= 4 is 16.9 Å². The topological polar surface area (TPSA) is 59.7 Å². The Morgan fingerprint density at radius 2 is 2.33 bits per heavy atom. The monoisotopic (exact) mass is 204 g/mol. The molecule has 0 radical (unpaired) electrons. The van der Waals surface area contributed by atoms with Crippen LogP contribution in [0, 0.1) is 0 Å². The Balaban J connectivity index is 2.41. The molecule has 0 bridgehead atoms. The smallest absolute Gasteiger partial charge is 0.335 e. The lowest BCUT2D eigenvalue weighted by Gasteiger charge is -2.00. The van der Waals surface area contributed by atoms with Crippen LogP contribution >= 0.6 is 0 Å². The lowest BCUT2D eigenvalue weighted by molar-refractivity contribution is -0.128. The highest BCUT2D eigenvalue weighted by Crippen LogP contribution is 2.29. The van der Waals surface area contributed by atoms with E-state index >= 15 is 0 Å². The molecule has 0 unspecified atom stereocenters. The summed E-state index contributed by atoms with van der Waals surface area (Å²) in [5, 5.41) is 9.88. The van der Waals surface area contributed by atoms with Gasteiger partial charge in [-0.25, -0.2) is 4.79 Å². The van der Waals surface area contributed by atoms with Crippen molar-refractivity contribution in [3.63, 3.8) is 0 Å². The summed E-state index contributed by atoms with van der Waals surface area (Å²) in [6.07, 6.45) is 2.29. The zero-order valence-electron chi connectivity index (χ0n) is 7.77. The number of esters is 1. The van der Waals surface area contributed by atoms with E-state index in [1.165, 1.54) is 12.3 Å². The van der Waals surface area contributed by atoms with Gasteiger partial charge in [-0.3, -0.25) is 0 Å². The van der Waals surface area contributed by atoms with Crippen molar-refractivity contribution < 1.29 is 19.1 Å². The van der Waals surface area contributed by atoms with Crippen LogP contribution in [0.2, 0.25) is 0 Å². The lowest BCUT2D eigenvalue weighted by Crippen LogP contribution is -2.02. The largest absolute Gasteiger partial charge is 0.504 e. The minimum Gasteiger partial charge on any atom is -0.504 e. The molecule has 0 aliphatic rings. The molecular weight excluding hydrogens is 196 g/mol. The highest BCUT2D eigenvalue weighted by Gasteiger charge is 2.07. The van der Waals surface area contributed by atoms with Gasteiger partial charge in [0.25, 0.3) is 0 Å². The SMILES string of the molecule is C=CC(=O)Oc1ccc2occ(O)c2c1. The van der Waals surface area contributed by atoms with Gasteiger partial charge in [-0.15, -0.1) is 0 Å². The van der Waals surface area contributed by atoms with Crippen LogP contribution in [0.5, 0.6) is 11.5 Å². The summed E-state index contributed by atoms with van der Waals surface area (Å²) in [5.41, 5.74) is 0.533. The number of furan rings is 1. The summed E-state index contributed by atoms with van der Waals surface area (Å²) in [5.74, 6) is -0.192. The van der Waals surface area contributed by atoms with E-state index < -0.39 is 5.97 Å². The molecule has 0 aliphatic carbocycles. The van der Waals surface area contributed by atoms with Crippen molar-refractivity contribution in [2.24, 2.45) is 0 Å². The van der Waals surface area contributed by atoms with Gasteiger partial charge in [0.2, 0.25) is 0 Å². The Bertz CT molecular complexity index is 524. The molecule has 1 aromatic heterocycles. The zero-order valence-corrected chi connectivity index (χ0v) is 7.77. The second-order valence-electron chi connectivity index (χ2n) is 2.90. The highest BCUT2D eigenvalue weighted by molar-refractivity contribution is 5.87. The van der Waals surface area contributed by atoms with E-state index in [0.717, 1.165) is 6.08 Å². The Kier molecular flexibility index (Phi) is 2.17. The Morgan fingerprint density at radius 1 is 1.53 bits per heavy atom. The molecule has 0 amide bonds. The maximum Gasteiger partial charge on any atom is 0.335 e. The number of hydrogen-bond acceptors (Lipinski definition) is 4. The van der Waals surface area contributed by atoms with Crippen molar-refractivity contribution in [3.05, 3.63) is 37.1 Å². The van der Waals surface area contributed by atoms with Crippen LogP contribution in [0.25, 0.3) is 11.0 Å². The molecule has 1 heterocycles. The van der Waals surface area contributed by atoms with Gasteiger partial charge in [-0.2, -0.15) is 0 Å². The van der Waals surface area contributed by atoms with E-state index in [4.69, 9.17) is 9.15 Å². The maximum absolute atomic E-state index is 10.9. The predicted molar refractivity (Wildman–Crippen MR) is 53.7 cm³/mol. The molecular formula is C11H8O4. The van der Waals surface area contributed by atoms with E-state index in [9.17, 15) is 9.90 Å². The first-order valence-electron chi connectivity index (χ1n) is 4.25. The third-order valence-electron chi connectivity index (χ3n) is 1.91. The normalized spacial score (nSPS) is 10.1. The average molecular weight is 204 g/mol. The highest BCUT2D eigenvalue weighted by atomic mass is 16.5. The number of fused-ring (bicyclic) bond motifs is 1. The van der Waals surface area contributed by atoms with Gasteiger partial charge in [0.1, 0.15) is 17.6 Å². The first-order valence-corrected chi connectivity index (χ1v) is 4.25. The van der Waals surface area contributed by atoms with E-state index in [2.05, 4.69) is 6.58 Å². The molecule has 2 aromatic rings. The van der Waals surface area contributed by atoms with Crippen LogP contribution in [0.4, 0.5) is 0 Å². The fraction of sp³-hybridized carbons (Fsp3) is 0. The van der Waals surface area contributed by atoms with Gasteiger partial charge in [0.05, 0.1) is 5.39 Å². The number of benzene rings is 1. The zero-order chi connectivity index (χ0) is 10.8. The molecule has 1 aromatic carbocycles. The summed E-state index contributed by atoms with van der Waals surface area (Å²) < 4.78 is 9.91. The van der Waals surface area contributed by atoms with E-state index in [1.54, 1.807) is 12.1 Å². The lowest BCUT2D eigenvalue weighted by atomic mass is 10.2. The molecule has 0 saturated carbocycles. The molecule has 0 saturated heterocycles. The molecule has 0 fully saturated rings. The van der Waals surface area contributed by atoms with Crippen molar-refractivity contribution in [1.29, 1.82) is 0 Å². The molecule has 0 spiro atoms. The fourth-order valence-electron chi connectivity index (χ4n) is 1.22. The van der Waals surface area contributed by atoms with Crippen LogP contribution in [-0.2, 0) is 4.79 Å². The predicted octanol–water partition coefficient (Wildman–Crippen LogP) is 2.23. The van der Waals surface area contributed by atoms with Gasteiger partial charge in [-0.1, -0.05) is 6.58 Å². The second kappa shape index (κ2) is 3.49. The Morgan fingerprint density at radius 3 is 3.07 bits per heavy atom. The number of ether oxygens (including phenoxy) is 1. The summed E-state index contributed by atoms with van der Waals surface area (Å²) in [6, 6.07) is 4.71. The van der Waals surface area contributed by atoms with Gasteiger partial charge in [-0.05, 0) is 18.2 Å². The van der Waals surface area contributed by atoms with E-state index in [0.29, 0.717) is 16.7 Å². The van der Waals surface area contributed by atoms with Crippen LogP contribution in [0.3, 0.4) is 0 Å². The third-order valence-corrected chi connectivity index (χ3v) is 1.91. The van der Waals surface area contributed by atoms with Gasteiger partial charge < -0.3 is 14.3 Å². The third kappa shape index (κ3) is 1.69. The van der Waals surface area contributed by atoms with Crippen LogP contribution < -0.4 is 4.74 Å². The minimum atomic E-state index is -0.544. The molecule has 4 heteroatoms. The first kappa shape index (κ1) is 9.33. The van der Waals surface area contributed by atoms with E-state index in [-0.39, 0.29) is 5.75 Å². The minimum absolute atomic E-state index is 0.0153. The molecule has 76 valence electrons. The van der Waals surface area contributed by atoms with E-state index in [1.807, 2.05) is 0 Å². The fourth-order valence-corrected chi connectivity index (χ4v) is 1.22. The number of aromatic hydroxyl groups is 1. The molecule has 1 N–H and O–H groups in total. The number of hydrogen-bond donors (Lipinski definition) is 1. The van der Waals surface area contributed by atoms with Crippen LogP contribution in [0.1, 0.15) is 0 Å². The maximum atomic E-state index is 10.9. The first-order chi connectivity index (χ1) is 7.20. The number of carbonyl (C=O) groups is 1. The number of carbonyl (C=O) groups excluding carboxylic acids is 1. The van der Waals surface area contributed by atoms with Crippen molar-refractivity contribution in [1.82, 2.24) is 0 Å². The summed E-state index contributed by atoms with van der Waals surface area (Å²) >= 11 is 0. The standard InChI is InChI=1S/C11H8O4/c1-2-11(13)15-7-3-4-10-8(5-7)9(12)6-14-10/h2-6,12H,1H2. The Labute approximate surface area is 85.4 Å². The summed E-state index contributed by atoms with van der Waals surface area (Å²) in [6.45, 7) is 3.28. The molecule has 0 atom stereocenters. The molecule has 0 aliphatic heterocycles. The molecule has 4 nitrogen and oxygen atoms in total. The molecule has 2 rings (SSSR count).